The molecule has 0 unspecified atom stereocenters. The van der Waals surface area contributed by atoms with E-state index in [0.29, 0.717) is 19.6 Å². The fourth-order valence-corrected chi connectivity index (χ4v) is 1.90. The van der Waals surface area contributed by atoms with Gasteiger partial charge in [-0.3, -0.25) is 4.79 Å². The Bertz CT molecular complexity index is 535. The Balaban J connectivity index is 1.54. The van der Waals surface area contributed by atoms with Crippen molar-refractivity contribution in [3.8, 4) is 5.75 Å². The number of carbonyl (C=O) groups is 1. The Morgan fingerprint density at radius 1 is 1.33 bits per heavy atom. The monoisotopic (exact) mass is 287 g/mol. The summed E-state index contributed by atoms with van der Waals surface area (Å²) in [5.74, 6) is 1.76. The van der Waals surface area contributed by atoms with E-state index in [-0.39, 0.29) is 5.91 Å². The molecule has 0 saturated carbocycles. The summed E-state index contributed by atoms with van der Waals surface area (Å²) in [7, 11) is 0. The Labute approximate surface area is 124 Å². The maximum atomic E-state index is 11.6. The highest BCUT2D eigenvalue weighted by atomic mass is 16.5. The number of aryl methyl sites for hydroxylation is 2. The number of nitrogens with zero attached hydrogens (tertiary/aromatic N) is 1. The van der Waals surface area contributed by atoms with Gasteiger partial charge in [-0.15, -0.1) is 0 Å². The molecule has 0 spiro atoms. The molecule has 0 saturated heterocycles. The molecule has 0 aliphatic carbocycles. The molecule has 2 aromatic rings. The number of hydrogen-bond acceptors (Lipinski definition) is 3. The molecule has 0 atom stereocenters. The minimum atomic E-state index is 0.0153. The van der Waals surface area contributed by atoms with Crippen molar-refractivity contribution in [2.24, 2.45) is 0 Å². The highest BCUT2D eigenvalue weighted by Gasteiger charge is 2.02. The number of aromatic nitrogens is 2. The van der Waals surface area contributed by atoms with Crippen LogP contribution in [-0.2, 0) is 11.2 Å². The molecule has 1 heterocycles. The van der Waals surface area contributed by atoms with Crippen molar-refractivity contribution in [3.05, 3.63) is 48.0 Å². The average molecular weight is 287 g/mol. The minimum absolute atomic E-state index is 0.0153. The lowest BCUT2D eigenvalue weighted by atomic mass is 10.2. The summed E-state index contributed by atoms with van der Waals surface area (Å²) in [4.78, 5) is 18.8. The molecular weight excluding hydrogens is 266 g/mol. The second-order valence-corrected chi connectivity index (χ2v) is 4.90. The van der Waals surface area contributed by atoms with Crippen molar-refractivity contribution in [1.82, 2.24) is 15.3 Å². The number of benzene rings is 1. The molecule has 2 rings (SSSR count). The fraction of sp³-hybridized carbons (Fsp3) is 0.375. The Kier molecular flexibility index (Phi) is 5.82. The fourth-order valence-electron chi connectivity index (χ4n) is 1.90. The van der Waals surface area contributed by atoms with E-state index in [9.17, 15) is 4.79 Å². The Morgan fingerprint density at radius 2 is 2.14 bits per heavy atom. The molecule has 0 aliphatic rings. The van der Waals surface area contributed by atoms with Crippen LogP contribution >= 0.6 is 0 Å². The summed E-state index contributed by atoms with van der Waals surface area (Å²) in [6.07, 6.45) is 5.62. The SMILES string of the molecule is Cc1ccc(OCCC(=O)NCCCc2ncc[nH]2)cc1. The third-order valence-electron chi connectivity index (χ3n) is 3.09. The van der Waals surface area contributed by atoms with E-state index >= 15 is 0 Å². The van der Waals surface area contributed by atoms with Gasteiger partial charge in [-0.1, -0.05) is 17.7 Å². The maximum Gasteiger partial charge on any atom is 0.223 e. The van der Waals surface area contributed by atoms with Gasteiger partial charge in [-0.2, -0.15) is 0 Å². The third kappa shape index (κ3) is 5.69. The van der Waals surface area contributed by atoms with Crippen LogP contribution in [0.2, 0.25) is 0 Å². The Hall–Kier alpha value is -2.30. The zero-order valence-corrected chi connectivity index (χ0v) is 12.3. The first-order chi connectivity index (χ1) is 10.2. The predicted molar refractivity (Wildman–Crippen MR) is 81.2 cm³/mol. The van der Waals surface area contributed by atoms with Gasteiger partial charge in [0.05, 0.1) is 13.0 Å². The molecule has 2 N–H and O–H groups in total. The summed E-state index contributed by atoms with van der Waals surface area (Å²) in [5, 5.41) is 2.88. The number of hydrogen-bond donors (Lipinski definition) is 2. The van der Waals surface area contributed by atoms with E-state index in [4.69, 9.17) is 4.74 Å². The van der Waals surface area contributed by atoms with Crippen molar-refractivity contribution in [3.63, 3.8) is 0 Å². The molecule has 21 heavy (non-hydrogen) atoms. The van der Waals surface area contributed by atoms with Gasteiger partial charge in [0.1, 0.15) is 11.6 Å². The van der Waals surface area contributed by atoms with Gasteiger partial charge in [-0.05, 0) is 25.5 Å². The standard InChI is InChI=1S/C16H21N3O2/c1-13-4-6-14(7-5-13)21-12-8-16(20)19-9-2-3-15-17-10-11-18-15/h4-7,10-11H,2-3,8-9,12H2,1H3,(H,17,18)(H,19,20). The van der Waals surface area contributed by atoms with Crippen LogP contribution in [-0.4, -0.2) is 29.0 Å². The normalized spacial score (nSPS) is 10.3. The van der Waals surface area contributed by atoms with E-state index in [2.05, 4.69) is 15.3 Å². The Morgan fingerprint density at radius 3 is 2.86 bits per heavy atom. The zero-order valence-electron chi connectivity index (χ0n) is 12.3. The minimum Gasteiger partial charge on any atom is -0.493 e. The molecule has 0 aliphatic heterocycles. The highest BCUT2D eigenvalue weighted by molar-refractivity contribution is 5.75. The van der Waals surface area contributed by atoms with Crippen molar-refractivity contribution in [1.29, 1.82) is 0 Å². The van der Waals surface area contributed by atoms with Crippen LogP contribution in [0.3, 0.4) is 0 Å². The topological polar surface area (TPSA) is 67.0 Å². The van der Waals surface area contributed by atoms with Gasteiger partial charge in [-0.25, -0.2) is 4.98 Å². The number of ether oxygens (including phenoxy) is 1. The second-order valence-electron chi connectivity index (χ2n) is 4.90. The van der Waals surface area contributed by atoms with Crippen LogP contribution < -0.4 is 10.1 Å². The summed E-state index contributed by atoms with van der Waals surface area (Å²) in [6.45, 7) is 3.08. The van der Waals surface area contributed by atoms with Crippen LogP contribution in [0.25, 0.3) is 0 Å². The number of amides is 1. The zero-order chi connectivity index (χ0) is 14.9. The molecule has 0 fully saturated rings. The van der Waals surface area contributed by atoms with Crippen LogP contribution in [0.5, 0.6) is 5.75 Å². The summed E-state index contributed by atoms with van der Waals surface area (Å²) >= 11 is 0. The first-order valence-electron chi connectivity index (χ1n) is 7.18. The number of imidazole rings is 1. The largest absolute Gasteiger partial charge is 0.493 e. The number of carbonyl (C=O) groups excluding carboxylic acids is 1. The van der Waals surface area contributed by atoms with E-state index in [1.807, 2.05) is 31.2 Å². The van der Waals surface area contributed by atoms with Gasteiger partial charge in [0, 0.05) is 25.4 Å². The summed E-state index contributed by atoms with van der Waals surface area (Å²) in [5.41, 5.74) is 1.19. The quantitative estimate of drug-likeness (QED) is 0.732. The van der Waals surface area contributed by atoms with Gasteiger partial charge >= 0.3 is 0 Å². The van der Waals surface area contributed by atoms with Crippen molar-refractivity contribution in [2.75, 3.05) is 13.2 Å². The van der Waals surface area contributed by atoms with Crippen LogP contribution in [0.15, 0.2) is 36.7 Å². The lowest BCUT2D eigenvalue weighted by molar-refractivity contribution is -0.121. The molecule has 0 radical (unpaired) electrons. The van der Waals surface area contributed by atoms with Crippen LogP contribution in [0, 0.1) is 6.92 Å². The van der Waals surface area contributed by atoms with E-state index in [1.165, 1.54) is 5.56 Å². The molecular formula is C16H21N3O2. The molecule has 5 nitrogen and oxygen atoms in total. The summed E-state index contributed by atoms with van der Waals surface area (Å²) in [6, 6.07) is 7.81. The first-order valence-corrected chi connectivity index (χ1v) is 7.18. The van der Waals surface area contributed by atoms with E-state index < -0.39 is 0 Å². The molecule has 5 heteroatoms. The average Bonchev–Trinajstić information content (AvgIpc) is 2.99. The van der Waals surface area contributed by atoms with Crippen molar-refractivity contribution in [2.45, 2.75) is 26.2 Å². The smallest absolute Gasteiger partial charge is 0.223 e. The third-order valence-corrected chi connectivity index (χ3v) is 3.09. The van der Waals surface area contributed by atoms with Gasteiger partial charge in [0.25, 0.3) is 0 Å². The van der Waals surface area contributed by atoms with E-state index in [1.54, 1.807) is 12.4 Å². The number of aromatic amines is 1. The molecule has 0 bridgehead atoms. The van der Waals surface area contributed by atoms with Gasteiger partial charge in [0.15, 0.2) is 0 Å². The highest BCUT2D eigenvalue weighted by Crippen LogP contribution is 2.11. The molecule has 1 aromatic heterocycles. The molecule has 112 valence electrons. The van der Waals surface area contributed by atoms with Crippen LogP contribution in [0.4, 0.5) is 0 Å². The lowest BCUT2D eigenvalue weighted by Gasteiger charge is -2.07. The summed E-state index contributed by atoms with van der Waals surface area (Å²) < 4.78 is 5.52. The maximum absolute atomic E-state index is 11.6. The second kappa shape index (κ2) is 8.09. The van der Waals surface area contributed by atoms with Gasteiger partial charge < -0.3 is 15.0 Å². The van der Waals surface area contributed by atoms with Gasteiger partial charge in [0.2, 0.25) is 5.91 Å². The number of nitrogens with one attached hydrogen (secondary N) is 2. The number of H-pyrrole nitrogens is 1. The predicted octanol–water partition coefficient (Wildman–Crippen LogP) is 2.24. The van der Waals surface area contributed by atoms with Crippen molar-refractivity contribution >= 4 is 5.91 Å². The van der Waals surface area contributed by atoms with Crippen LogP contribution in [0.1, 0.15) is 24.2 Å². The van der Waals surface area contributed by atoms with Crippen molar-refractivity contribution < 1.29 is 9.53 Å². The molecule has 1 amide bonds. The number of rotatable bonds is 8. The molecule has 1 aromatic carbocycles. The lowest BCUT2D eigenvalue weighted by Crippen LogP contribution is -2.26. The van der Waals surface area contributed by atoms with E-state index in [0.717, 1.165) is 24.4 Å². The first kappa shape index (κ1) is 15.1.